The van der Waals surface area contributed by atoms with Gasteiger partial charge in [0.2, 0.25) is 5.91 Å². The lowest BCUT2D eigenvalue weighted by Crippen LogP contribution is -2.72. The quantitative estimate of drug-likeness (QED) is 0.745. The van der Waals surface area contributed by atoms with Gasteiger partial charge in [0.1, 0.15) is 5.75 Å². The second kappa shape index (κ2) is 8.90. The van der Waals surface area contributed by atoms with Crippen LogP contribution in [0.3, 0.4) is 0 Å². The zero-order valence-corrected chi connectivity index (χ0v) is 19.0. The van der Waals surface area contributed by atoms with Gasteiger partial charge >= 0.3 is 6.03 Å². The van der Waals surface area contributed by atoms with Gasteiger partial charge in [-0.1, -0.05) is 36.4 Å². The summed E-state index contributed by atoms with van der Waals surface area (Å²) >= 11 is 1.70. The Bertz CT molecular complexity index is 968. The number of imide groups is 1. The summed E-state index contributed by atoms with van der Waals surface area (Å²) in [5.74, 6) is 1.00. The number of hydrogen-bond donors (Lipinski definition) is 2. The number of nitrogens with zero attached hydrogens (tertiary/aromatic N) is 2. The number of carbonyl (C=O) groups excluding carboxylic acids is 2. The van der Waals surface area contributed by atoms with E-state index in [1.165, 1.54) is 16.0 Å². The number of ether oxygens (including phenoxy) is 1. The zero-order chi connectivity index (χ0) is 22.1. The highest BCUT2D eigenvalue weighted by Crippen LogP contribution is 2.36. The Hall–Kier alpha value is -2.55. The Morgan fingerprint density at radius 3 is 2.42 bits per heavy atom. The molecule has 31 heavy (non-hydrogen) atoms. The molecular formula is C23H28N4O3S. The highest BCUT2D eigenvalue weighted by molar-refractivity contribution is 7.99. The van der Waals surface area contributed by atoms with Gasteiger partial charge in [0.15, 0.2) is 0 Å². The molecule has 0 radical (unpaired) electrons. The first kappa shape index (κ1) is 21.7. The number of nitrogens with one attached hydrogen (secondary N) is 2. The van der Waals surface area contributed by atoms with Crippen molar-refractivity contribution in [1.29, 1.82) is 0 Å². The minimum Gasteiger partial charge on any atom is -0.497 e. The van der Waals surface area contributed by atoms with Gasteiger partial charge in [-0.15, -0.1) is 11.8 Å². The normalized spacial score (nSPS) is 26.1. The number of benzene rings is 2. The summed E-state index contributed by atoms with van der Waals surface area (Å²) in [6.45, 7) is 2.10. The number of carbonyl (C=O) groups is 2. The molecule has 0 saturated carbocycles. The van der Waals surface area contributed by atoms with Gasteiger partial charge in [0, 0.05) is 19.8 Å². The number of aryl methyl sites for hydroxylation is 1. The average Bonchev–Trinajstić information content (AvgIpc) is 2.80. The molecule has 3 amide bonds. The topological polar surface area (TPSA) is 73.9 Å². The van der Waals surface area contributed by atoms with E-state index in [-0.39, 0.29) is 29.6 Å². The van der Waals surface area contributed by atoms with Crippen LogP contribution in [-0.4, -0.2) is 54.5 Å². The monoisotopic (exact) mass is 440 g/mol. The molecule has 0 aromatic heterocycles. The first-order valence-corrected chi connectivity index (χ1v) is 11.3. The number of rotatable bonds is 5. The van der Waals surface area contributed by atoms with E-state index in [4.69, 9.17) is 4.74 Å². The zero-order valence-electron chi connectivity index (χ0n) is 18.2. The highest BCUT2D eigenvalue weighted by Gasteiger charge is 2.50. The Labute approximate surface area is 187 Å². The number of urea groups is 1. The van der Waals surface area contributed by atoms with Crippen LogP contribution in [0, 0.1) is 12.8 Å². The van der Waals surface area contributed by atoms with Crippen LogP contribution in [0.5, 0.6) is 5.75 Å². The highest BCUT2D eigenvalue weighted by atomic mass is 32.2. The summed E-state index contributed by atoms with van der Waals surface area (Å²) in [5.41, 5.74) is 3.49. The van der Waals surface area contributed by atoms with E-state index in [1.807, 2.05) is 36.4 Å². The molecule has 8 heteroatoms. The SMILES string of the molecule is COc1ccc(C2NC(SCc3ccccc3C)C3C(=O)N(C)C(=O)N(C)C3N2)cc1. The van der Waals surface area contributed by atoms with Crippen LogP contribution >= 0.6 is 11.8 Å². The summed E-state index contributed by atoms with van der Waals surface area (Å²) in [4.78, 5) is 28.5. The maximum absolute atomic E-state index is 13.1. The number of thioether (sulfide) groups is 1. The van der Waals surface area contributed by atoms with Crippen LogP contribution in [0.1, 0.15) is 22.9 Å². The standard InChI is InChI=1S/C23H28N4O3S/c1-14-7-5-6-8-16(14)13-31-21-18-20(26(2)23(29)27(3)22(18)28)24-19(25-21)15-9-11-17(30-4)12-10-15/h5-12,18-21,24-25H,13H2,1-4H3. The fourth-order valence-electron chi connectivity index (χ4n) is 4.14. The Balaban J connectivity index is 1.62. The smallest absolute Gasteiger partial charge is 0.327 e. The lowest BCUT2D eigenvalue weighted by molar-refractivity contribution is -0.140. The maximum atomic E-state index is 13.1. The lowest BCUT2D eigenvalue weighted by Gasteiger charge is -2.50. The minimum atomic E-state index is -0.392. The van der Waals surface area contributed by atoms with Crippen molar-refractivity contribution in [3.63, 3.8) is 0 Å². The largest absolute Gasteiger partial charge is 0.497 e. The van der Waals surface area contributed by atoms with Gasteiger partial charge in [-0.3, -0.25) is 20.3 Å². The fourth-order valence-corrected chi connectivity index (χ4v) is 5.53. The molecule has 7 nitrogen and oxygen atoms in total. The van der Waals surface area contributed by atoms with Gasteiger partial charge in [-0.25, -0.2) is 4.79 Å². The van der Waals surface area contributed by atoms with E-state index in [9.17, 15) is 9.59 Å². The Morgan fingerprint density at radius 2 is 1.74 bits per heavy atom. The minimum absolute atomic E-state index is 0.163. The van der Waals surface area contributed by atoms with E-state index >= 15 is 0 Å². The first-order valence-electron chi connectivity index (χ1n) is 10.3. The summed E-state index contributed by atoms with van der Waals surface area (Å²) in [6.07, 6.45) is -0.591. The van der Waals surface area contributed by atoms with Crippen molar-refractivity contribution in [2.24, 2.45) is 5.92 Å². The molecule has 164 valence electrons. The van der Waals surface area contributed by atoms with Crippen LogP contribution in [0.25, 0.3) is 0 Å². The second-order valence-electron chi connectivity index (χ2n) is 7.96. The van der Waals surface area contributed by atoms with Crippen LogP contribution in [-0.2, 0) is 10.5 Å². The van der Waals surface area contributed by atoms with E-state index < -0.39 is 5.92 Å². The molecule has 2 aliphatic rings. The molecule has 0 aliphatic carbocycles. The summed E-state index contributed by atoms with van der Waals surface area (Å²) in [7, 11) is 4.94. The van der Waals surface area contributed by atoms with E-state index in [1.54, 1.807) is 37.9 Å². The lowest BCUT2D eigenvalue weighted by atomic mass is 9.96. The van der Waals surface area contributed by atoms with Crippen LogP contribution in [0.15, 0.2) is 48.5 Å². The number of hydrogen-bond acceptors (Lipinski definition) is 6. The average molecular weight is 441 g/mol. The Kier molecular flexibility index (Phi) is 6.22. The van der Waals surface area contributed by atoms with Gasteiger partial charge in [-0.05, 0) is 35.7 Å². The molecule has 2 saturated heterocycles. The van der Waals surface area contributed by atoms with Crippen molar-refractivity contribution in [2.45, 2.75) is 30.4 Å². The molecule has 2 N–H and O–H groups in total. The van der Waals surface area contributed by atoms with E-state index in [0.29, 0.717) is 0 Å². The fraction of sp³-hybridized carbons (Fsp3) is 0.391. The maximum Gasteiger partial charge on any atom is 0.327 e. The van der Waals surface area contributed by atoms with Crippen molar-refractivity contribution >= 4 is 23.7 Å². The second-order valence-corrected chi connectivity index (χ2v) is 9.09. The van der Waals surface area contributed by atoms with Crippen molar-refractivity contribution < 1.29 is 14.3 Å². The molecule has 2 fully saturated rings. The third-order valence-corrected chi connectivity index (χ3v) is 7.35. The third kappa shape index (κ3) is 4.15. The van der Waals surface area contributed by atoms with Gasteiger partial charge in [0.05, 0.1) is 30.7 Å². The molecular weight excluding hydrogens is 412 g/mol. The molecule has 4 rings (SSSR count). The van der Waals surface area contributed by atoms with Crippen LogP contribution < -0.4 is 15.4 Å². The summed E-state index contributed by atoms with van der Waals surface area (Å²) in [5, 5.41) is 6.92. The molecule has 2 aromatic rings. The molecule has 4 atom stereocenters. The molecule has 0 bridgehead atoms. The Morgan fingerprint density at radius 1 is 1.03 bits per heavy atom. The number of fused-ring (bicyclic) bond motifs is 1. The van der Waals surface area contributed by atoms with Crippen molar-refractivity contribution in [1.82, 2.24) is 20.4 Å². The van der Waals surface area contributed by atoms with Crippen molar-refractivity contribution in [3.8, 4) is 5.75 Å². The van der Waals surface area contributed by atoms with E-state index in [0.717, 1.165) is 17.1 Å². The van der Waals surface area contributed by atoms with Crippen LogP contribution in [0.4, 0.5) is 4.79 Å². The van der Waals surface area contributed by atoms with Gasteiger partial charge < -0.3 is 9.64 Å². The first-order chi connectivity index (χ1) is 14.9. The third-order valence-electron chi connectivity index (χ3n) is 6.09. The van der Waals surface area contributed by atoms with Crippen molar-refractivity contribution in [2.75, 3.05) is 21.2 Å². The molecule has 0 spiro atoms. The van der Waals surface area contributed by atoms with Crippen molar-refractivity contribution in [3.05, 3.63) is 65.2 Å². The molecule has 4 unspecified atom stereocenters. The summed E-state index contributed by atoms with van der Waals surface area (Å²) < 4.78 is 5.27. The van der Waals surface area contributed by atoms with E-state index in [2.05, 4.69) is 29.7 Å². The van der Waals surface area contributed by atoms with Crippen LogP contribution in [0.2, 0.25) is 0 Å². The number of amides is 3. The predicted octanol–water partition coefficient (Wildman–Crippen LogP) is 2.92. The van der Waals surface area contributed by atoms with Gasteiger partial charge in [-0.2, -0.15) is 0 Å². The molecule has 2 aliphatic heterocycles. The predicted molar refractivity (Wildman–Crippen MR) is 121 cm³/mol. The summed E-state index contributed by atoms with van der Waals surface area (Å²) in [6, 6.07) is 15.8. The molecule has 2 aromatic carbocycles. The number of methoxy groups -OCH3 is 1. The van der Waals surface area contributed by atoms with Gasteiger partial charge in [0.25, 0.3) is 0 Å². The molecule has 2 heterocycles.